The van der Waals surface area contributed by atoms with E-state index in [9.17, 15) is 14.7 Å². The van der Waals surface area contributed by atoms with Gasteiger partial charge in [-0.3, -0.25) is 9.59 Å². The molecule has 0 saturated carbocycles. The number of hydrogen-bond acceptors (Lipinski definition) is 4. The molecule has 0 saturated heterocycles. The van der Waals surface area contributed by atoms with Crippen LogP contribution in [-0.4, -0.2) is 22.0 Å². The smallest absolute Gasteiger partial charge is 0.307 e. The molecule has 0 unspecified atom stereocenters. The average Bonchev–Trinajstić information content (AvgIpc) is 2.97. The first kappa shape index (κ1) is 18.3. The van der Waals surface area contributed by atoms with Crippen molar-refractivity contribution in [2.45, 2.75) is 33.6 Å². The quantitative estimate of drug-likeness (QED) is 0.785. The van der Waals surface area contributed by atoms with Crippen molar-refractivity contribution in [1.82, 2.24) is 4.98 Å². The first-order chi connectivity index (χ1) is 12.4. The van der Waals surface area contributed by atoms with Crippen LogP contribution in [0.2, 0.25) is 0 Å². The molecule has 1 aliphatic rings. The van der Waals surface area contributed by atoms with Gasteiger partial charge in [-0.25, -0.2) is 4.98 Å². The van der Waals surface area contributed by atoms with Crippen molar-refractivity contribution in [3.8, 4) is 11.3 Å². The van der Waals surface area contributed by atoms with E-state index in [1.165, 1.54) is 22.5 Å². The number of amides is 1. The highest BCUT2D eigenvalue weighted by atomic mass is 32.1. The van der Waals surface area contributed by atoms with Crippen LogP contribution >= 0.6 is 11.3 Å². The highest BCUT2D eigenvalue weighted by Crippen LogP contribution is 2.33. The lowest BCUT2D eigenvalue weighted by Crippen LogP contribution is -2.34. The summed E-state index contributed by atoms with van der Waals surface area (Å²) in [5.41, 5.74) is 4.29. The van der Waals surface area contributed by atoms with Gasteiger partial charge < -0.3 is 10.4 Å². The molecule has 2 aromatic rings. The van der Waals surface area contributed by atoms with Crippen molar-refractivity contribution in [3.05, 3.63) is 46.4 Å². The van der Waals surface area contributed by atoms with Crippen molar-refractivity contribution >= 4 is 28.3 Å². The Morgan fingerprint density at radius 1 is 1.12 bits per heavy atom. The Balaban J connectivity index is 1.80. The van der Waals surface area contributed by atoms with Crippen molar-refractivity contribution in [1.29, 1.82) is 0 Å². The SMILES string of the molecule is Cc1ccc(-c2nc(NC(=O)[C@H]3CC=CC[C@H]3C(=O)O)sc2C)cc1C. The number of aliphatic carboxylic acids is 1. The Labute approximate surface area is 156 Å². The zero-order valence-corrected chi connectivity index (χ0v) is 15.9. The number of allylic oxidation sites excluding steroid dienone is 2. The molecule has 5 nitrogen and oxygen atoms in total. The zero-order chi connectivity index (χ0) is 18.8. The first-order valence-corrected chi connectivity index (χ1v) is 9.42. The van der Waals surface area contributed by atoms with Gasteiger partial charge in [0.25, 0.3) is 0 Å². The molecule has 0 spiro atoms. The topological polar surface area (TPSA) is 79.3 Å². The van der Waals surface area contributed by atoms with Crippen LogP contribution in [0, 0.1) is 32.6 Å². The summed E-state index contributed by atoms with van der Waals surface area (Å²) in [5.74, 6) is -2.45. The van der Waals surface area contributed by atoms with E-state index >= 15 is 0 Å². The summed E-state index contributed by atoms with van der Waals surface area (Å²) >= 11 is 1.41. The number of hydrogen-bond donors (Lipinski definition) is 2. The van der Waals surface area contributed by atoms with Gasteiger partial charge in [-0.05, 0) is 50.8 Å². The van der Waals surface area contributed by atoms with E-state index in [0.717, 1.165) is 16.1 Å². The van der Waals surface area contributed by atoms with Gasteiger partial charge in [-0.2, -0.15) is 0 Å². The van der Waals surface area contributed by atoms with Crippen molar-refractivity contribution in [2.75, 3.05) is 5.32 Å². The van der Waals surface area contributed by atoms with E-state index in [2.05, 4.69) is 36.3 Å². The summed E-state index contributed by atoms with van der Waals surface area (Å²) in [6.07, 6.45) is 4.53. The van der Waals surface area contributed by atoms with E-state index in [4.69, 9.17) is 0 Å². The van der Waals surface area contributed by atoms with Gasteiger partial charge in [0.2, 0.25) is 5.91 Å². The molecule has 0 bridgehead atoms. The Morgan fingerprint density at radius 3 is 2.46 bits per heavy atom. The fourth-order valence-corrected chi connectivity index (χ4v) is 4.02. The minimum Gasteiger partial charge on any atom is -0.481 e. The molecule has 1 heterocycles. The Morgan fingerprint density at radius 2 is 1.81 bits per heavy atom. The molecule has 0 fully saturated rings. The van der Waals surface area contributed by atoms with E-state index < -0.39 is 17.8 Å². The van der Waals surface area contributed by atoms with Gasteiger partial charge in [0.1, 0.15) is 0 Å². The highest BCUT2D eigenvalue weighted by molar-refractivity contribution is 7.16. The van der Waals surface area contributed by atoms with Gasteiger partial charge in [0.05, 0.1) is 17.5 Å². The van der Waals surface area contributed by atoms with Crippen LogP contribution in [0.25, 0.3) is 11.3 Å². The van der Waals surface area contributed by atoms with Crippen LogP contribution in [0.1, 0.15) is 28.8 Å². The van der Waals surface area contributed by atoms with Crippen LogP contribution in [0.3, 0.4) is 0 Å². The number of carbonyl (C=O) groups excluding carboxylic acids is 1. The van der Waals surface area contributed by atoms with Crippen LogP contribution in [-0.2, 0) is 9.59 Å². The summed E-state index contributed by atoms with van der Waals surface area (Å²) in [5, 5.41) is 12.7. The largest absolute Gasteiger partial charge is 0.481 e. The zero-order valence-electron chi connectivity index (χ0n) is 15.1. The lowest BCUT2D eigenvalue weighted by atomic mass is 9.82. The molecule has 136 valence electrons. The third-order valence-corrected chi connectivity index (χ3v) is 5.78. The standard InChI is InChI=1S/C20H22N2O3S/c1-11-8-9-14(10-12(11)2)17-13(3)26-20(21-17)22-18(23)15-6-4-5-7-16(15)19(24)25/h4-5,8-10,15-16H,6-7H2,1-3H3,(H,24,25)(H,21,22,23)/t15-,16+/m0/s1. The number of benzene rings is 1. The molecule has 26 heavy (non-hydrogen) atoms. The molecule has 2 N–H and O–H groups in total. The molecule has 3 rings (SSSR count). The summed E-state index contributed by atoms with van der Waals surface area (Å²) in [7, 11) is 0. The minimum absolute atomic E-state index is 0.276. The summed E-state index contributed by atoms with van der Waals surface area (Å²) in [6, 6.07) is 6.19. The minimum atomic E-state index is -0.930. The summed E-state index contributed by atoms with van der Waals surface area (Å²) in [6.45, 7) is 6.10. The van der Waals surface area contributed by atoms with Crippen LogP contribution in [0.15, 0.2) is 30.4 Å². The molecule has 1 amide bonds. The van der Waals surface area contributed by atoms with E-state index in [-0.39, 0.29) is 5.91 Å². The van der Waals surface area contributed by atoms with Crippen molar-refractivity contribution in [3.63, 3.8) is 0 Å². The number of nitrogens with zero attached hydrogens (tertiary/aromatic N) is 1. The normalized spacial score (nSPS) is 19.3. The van der Waals surface area contributed by atoms with Crippen LogP contribution < -0.4 is 5.32 Å². The predicted molar refractivity (Wildman–Crippen MR) is 103 cm³/mol. The monoisotopic (exact) mass is 370 g/mol. The number of carbonyl (C=O) groups is 2. The van der Waals surface area contributed by atoms with E-state index in [1.54, 1.807) is 0 Å². The molecule has 6 heteroatoms. The Bertz CT molecular complexity index is 885. The Hall–Kier alpha value is -2.47. The number of carboxylic acid groups (broad SMARTS) is 1. The second-order valence-corrected chi connectivity index (χ2v) is 7.91. The maximum absolute atomic E-state index is 12.6. The van der Waals surface area contributed by atoms with Gasteiger partial charge in [-0.15, -0.1) is 11.3 Å². The third-order valence-electron chi connectivity index (χ3n) is 4.89. The van der Waals surface area contributed by atoms with Gasteiger partial charge >= 0.3 is 5.97 Å². The third kappa shape index (κ3) is 3.70. The molecule has 1 aromatic heterocycles. The number of thiazole rings is 1. The van der Waals surface area contributed by atoms with Crippen molar-refractivity contribution in [2.24, 2.45) is 11.8 Å². The maximum atomic E-state index is 12.6. The molecule has 0 radical (unpaired) electrons. The number of rotatable bonds is 4. The van der Waals surface area contributed by atoms with Gasteiger partial charge in [0, 0.05) is 10.4 Å². The lowest BCUT2D eigenvalue weighted by Gasteiger charge is -2.23. The number of carboxylic acids is 1. The lowest BCUT2D eigenvalue weighted by molar-refractivity contribution is -0.146. The van der Waals surface area contributed by atoms with Crippen LogP contribution in [0.4, 0.5) is 5.13 Å². The predicted octanol–water partition coefficient (Wildman–Crippen LogP) is 4.34. The molecular formula is C20H22N2O3S. The molecule has 0 aliphatic heterocycles. The second-order valence-electron chi connectivity index (χ2n) is 6.71. The van der Waals surface area contributed by atoms with Gasteiger partial charge in [-0.1, -0.05) is 24.3 Å². The fraction of sp³-hybridized carbons (Fsp3) is 0.350. The second kappa shape index (κ2) is 7.41. The number of aryl methyl sites for hydroxylation is 3. The molecule has 1 aromatic carbocycles. The average molecular weight is 370 g/mol. The summed E-state index contributed by atoms with van der Waals surface area (Å²) < 4.78 is 0. The van der Waals surface area contributed by atoms with E-state index in [0.29, 0.717) is 18.0 Å². The van der Waals surface area contributed by atoms with Gasteiger partial charge in [0.15, 0.2) is 5.13 Å². The fourth-order valence-electron chi connectivity index (χ4n) is 3.18. The van der Waals surface area contributed by atoms with Crippen LogP contribution in [0.5, 0.6) is 0 Å². The summed E-state index contributed by atoms with van der Waals surface area (Å²) in [4.78, 5) is 29.6. The number of anilines is 1. The molecule has 2 atom stereocenters. The number of nitrogens with one attached hydrogen (secondary N) is 1. The highest BCUT2D eigenvalue weighted by Gasteiger charge is 2.34. The molecular weight excluding hydrogens is 348 g/mol. The Kier molecular flexibility index (Phi) is 5.23. The number of aromatic nitrogens is 1. The maximum Gasteiger partial charge on any atom is 0.307 e. The first-order valence-electron chi connectivity index (χ1n) is 8.60. The molecule has 1 aliphatic carbocycles. The van der Waals surface area contributed by atoms with Crippen molar-refractivity contribution < 1.29 is 14.7 Å². The van der Waals surface area contributed by atoms with E-state index in [1.807, 2.05) is 25.1 Å².